The van der Waals surface area contributed by atoms with Crippen LogP contribution in [0.1, 0.15) is 17.0 Å². The molecule has 2 aromatic carbocycles. The molecule has 4 rings (SSSR count). The minimum atomic E-state index is 0.105. The van der Waals surface area contributed by atoms with Gasteiger partial charge in [0.1, 0.15) is 0 Å². The van der Waals surface area contributed by atoms with E-state index in [1.54, 1.807) is 0 Å². The Morgan fingerprint density at radius 2 is 2.05 bits per heavy atom. The highest BCUT2D eigenvalue weighted by Gasteiger charge is 2.23. The van der Waals surface area contributed by atoms with Gasteiger partial charge in [0.15, 0.2) is 0 Å². The second-order valence-corrected chi connectivity index (χ2v) is 6.63. The zero-order valence-corrected chi connectivity index (χ0v) is 12.5. The van der Waals surface area contributed by atoms with Crippen LogP contribution in [-0.4, -0.2) is 15.4 Å². The van der Waals surface area contributed by atoms with Crippen molar-refractivity contribution in [3.05, 3.63) is 65.9 Å². The molecule has 0 radical (unpaired) electrons. The molecule has 0 amide bonds. The second kappa shape index (κ2) is 5.24. The van der Waals surface area contributed by atoms with E-state index in [0.29, 0.717) is 5.92 Å². The molecule has 1 unspecified atom stereocenters. The fraction of sp³-hybridized carbons (Fsp3) is 0.222. The van der Waals surface area contributed by atoms with E-state index in [9.17, 15) is 5.11 Å². The van der Waals surface area contributed by atoms with Gasteiger partial charge in [-0.15, -0.1) is 11.8 Å². The molecule has 0 saturated carbocycles. The Bertz CT molecular complexity index is 793. The van der Waals surface area contributed by atoms with E-state index in [1.807, 2.05) is 17.8 Å². The van der Waals surface area contributed by atoms with Gasteiger partial charge in [0.25, 0.3) is 0 Å². The van der Waals surface area contributed by atoms with Gasteiger partial charge in [-0.1, -0.05) is 24.3 Å². The van der Waals surface area contributed by atoms with Gasteiger partial charge in [-0.05, 0) is 40.8 Å². The van der Waals surface area contributed by atoms with Crippen molar-refractivity contribution in [2.45, 2.75) is 24.0 Å². The zero-order valence-electron chi connectivity index (χ0n) is 11.7. The SMILES string of the molecule is OCc1ccc2c(ccn2CC2CSc3ccccc32)c1. The summed E-state index contributed by atoms with van der Waals surface area (Å²) in [5.41, 5.74) is 3.71. The van der Waals surface area contributed by atoms with Crippen molar-refractivity contribution >= 4 is 22.7 Å². The van der Waals surface area contributed by atoms with E-state index < -0.39 is 0 Å². The molecule has 106 valence electrons. The molecule has 1 aliphatic rings. The monoisotopic (exact) mass is 295 g/mol. The fourth-order valence-corrected chi connectivity index (χ4v) is 4.37. The van der Waals surface area contributed by atoms with Gasteiger partial charge < -0.3 is 9.67 Å². The molecule has 1 atom stereocenters. The molecule has 2 heterocycles. The van der Waals surface area contributed by atoms with Crippen molar-refractivity contribution in [3.8, 4) is 0 Å². The maximum absolute atomic E-state index is 9.23. The average Bonchev–Trinajstić information content (AvgIpc) is 3.12. The summed E-state index contributed by atoms with van der Waals surface area (Å²) < 4.78 is 2.34. The first kappa shape index (κ1) is 13.0. The van der Waals surface area contributed by atoms with Crippen molar-refractivity contribution in [1.82, 2.24) is 4.57 Å². The first-order valence-electron chi connectivity index (χ1n) is 7.25. The minimum Gasteiger partial charge on any atom is -0.392 e. The lowest BCUT2D eigenvalue weighted by molar-refractivity contribution is 0.282. The third-order valence-electron chi connectivity index (χ3n) is 4.23. The first-order chi connectivity index (χ1) is 10.3. The molecule has 0 bridgehead atoms. The van der Waals surface area contributed by atoms with Crippen molar-refractivity contribution in [3.63, 3.8) is 0 Å². The number of aliphatic hydroxyl groups is 1. The lowest BCUT2D eigenvalue weighted by Crippen LogP contribution is -2.07. The van der Waals surface area contributed by atoms with E-state index in [0.717, 1.165) is 17.9 Å². The highest BCUT2D eigenvalue weighted by Crippen LogP contribution is 2.40. The van der Waals surface area contributed by atoms with Crippen molar-refractivity contribution in [1.29, 1.82) is 0 Å². The van der Waals surface area contributed by atoms with Crippen LogP contribution in [0.4, 0.5) is 0 Å². The van der Waals surface area contributed by atoms with Gasteiger partial charge >= 0.3 is 0 Å². The van der Waals surface area contributed by atoms with Crippen LogP contribution >= 0.6 is 11.8 Å². The van der Waals surface area contributed by atoms with Gasteiger partial charge in [-0.25, -0.2) is 0 Å². The molecule has 0 aliphatic carbocycles. The summed E-state index contributed by atoms with van der Waals surface area (Å²) in [6.07, 6.45) is 2.16. The number of aromatic nitrogens is 1. The largest absolute Gasteiger partial charge is 0.392 e. The highest BCUT2D eigenvalue weighted by atomic mass is 32.2. The summed E-state index contributed by atoms with van der Waals surface area (Å²) in [6.45, 7) is 1.12. The van der Waals surface area contributed by atoms with E-state index in [1.165, 1.54) is 21.4 Å². The number of rotatable bonds is 3. The molecule has 0 saturated heterocycles. The third kappa shape index (κ3) is 2.27. The Balaban J connectivity index is 1.66. The third-order valence-corrected chi connectivity index (χ3v) is 5.49. The summed E-state index contributed by atoms with van der Waals surface area (Å²) >= 11 is 1.96. The summed E-state index contributed by atoms with van der Waals surface area (Å²) in [5, 5.41) is 10.4. The van der Waals surface area contributed by atoms with E-state index in [4.69, 9.17) is 0 Å². The van der Waals surface area contributed by atoms with Gasteiger partial charge in [0.05, 0.1) is 6.61 Å². The maximum atomic E-state index is 9.23. The fourth-order valence-electron chi connectivity index (χ4n) is 3.13. The molecule has 3 heteroatoms. The number of aliphatic hydroxyl groups excluding tert-OH is 1. The Labute approximate surface area is 128 Å². The van der Waals surface area contributed by atoms with Crippen LogP contribution < -0.4 is 0 Å². The molecule has 1 aliphatic heterocycles. The minimum absolute atomic E-state index is 0.105. The number of nitrogens with zero attached hydrogens (tertiary/aromatic N) is 1. The molecule has 2 nitrogen and oxygen atoms in total. The predicted molar refractivity (Wildman–Crippen MR) is 87.8 cm³/mol. The van der Waals surface area contributed by atoms with Crippen LogP contribution in [0.25, 0.3) is 10.9 Å². The number of hydrogen-bond donors (Lipinski definition) is 1. The molecular formula is C18H17NOS. The number of hydrogen-bond acceptors (Lipinski definition) is 2. The van der Waals surface area contributed by atoms with Crippen LogP contribution in [0.2, 0.25) is 0 Å². The van der Waals surface area contributed by atoms with Crippen LogP contribution in [0.5, 0.6) is 0 Å². The zero-order chi connectivity index (χ0) is 14.2. The summed E-state index contributed by atoms with van der Waals surface area (Å²) in [5.74, 6) is 1.74. The van der Waals surface area contributed by atoms with Crippen molar-refractivity contribution in [2.75, 3.05) is 5.75 Å². The standard InChI is InChI=1S/C18H17NOS/c20-11-13-5-6-17-14(9-13)7-8-19(17)10-15-12-21-18-4-2-1-3-16(15)18/h1-9,15,20H,10-12H2. The number of benzene rings is 2. The van der Waals surface area contributed by atoms with E-state index in [-0.39, 0.29) is 6.61 Å². The van der Waals surface area contributed by atoms with Crippen LogP contribution in [0.15, 0.2) is 59.6 Å². The Morgan fingerprint density at radius 3 is 2.95 bits per heavy atom. The van der Waals surface area contributed by atoms with Crippen molar-refractivity contribution < 1.29 is 5.11 Å². The molecule has 3 aromatic rings. The first-order valence-corrected chi connectivity index (χ1v) is 8.24. The molecule has 0 spiro atoms. The second-order valence-electron chi connectivity index (χ2n) is 5.57. The Hall–Kier alpha value is -1.71. The summed E-state index contributed by atoms with van der Waals surface area (Å²) in [4.78, 5) is 1.43. The van der Waals surface area contributed by atoms with Gasteiger partial charge in [0.2, 0.25) is 0 Å². The molecule has 1 aromatic heterocycles. The lowest BCUT2D eigenvalue weighted by Gasteiger charge is -2.13. The average molecular weight is 295 g/mol. The van der Waals surface area contributed by atoms with Crippen LogP contribution in [0.3, 0.4) is 0 Å². The molecule has 0 fully saturated rings. The van der Waals surface area contributed by atoms with Crippen LogP contribution in [0, 0.1) is 0 Å². The Morgan fingerprint density at radius 1 is 1.14 bits per heavy atom. The van der Waals surface area contributed by atoms with Gasteiger partial charge in [-0.3, -0.25) is 0 Å². The maximum Gasteiger partial charge on any atom is 0.0682 e. The smallest absolute Gasteiger partial charge is 0.0682 e. The van der Waals surface area contributed by atoms with Crippen LogP contribution in [-0.2, 0) is 13.2 Å². The van der Waals surface area contributed by atoms with E-state index >= 15 is 0 Å². The summed E-state index contributed by atoms with van der Waals surface area (Å²) in [7, 11) is 0. The Kier molecular flexibility index (Phi) is 3.24. The number of fused-ring (bicyclic) bond motifs is 2. The number of thioether (sulfide) groups is 1. The summed E-state index contributed by atoms with van der Waals surface area (Å²) in [6, 6.07) is 17.1. The highest BCUT2D eigenvalue weighted by molar-refractivity contribution is 7.99. The predicted octanol–water partition coefficient (Wildman–Crippen LogP) is 4.02. The lowest BCUT2D eigenvalue weighted by atomic mass is 10.0. The quantitative estimate of drug-likeness (QED) is 0.789. The topological polar surface area (TPSA) is 25.2 Å². The van der Waals surface area contributed by atoms with Gasteiger partial charge in [-0.2, -0.15) is 0 Å². The normalized spacial score (nSPS) is 17.3. The van der Waals surface area contributed by atoms with E-state index in [2.05, 4.69) is 53.2 Å². The molecule has 21 heavy (non-hydrogen) atoms. The van der Waals surface area contributed by atoms with Gasteiger partial charge in [0, 0.05) is 34.8 Å². The van der Waals surface area contributed by atoms with Crippen molar-refractivity contribution in [2.24, 2.45) is 0 Å². The molecule has 1 N–H and O–H groups in total. The molecular weight excluding hydrogens is 278 g/mol.